The Balaban J connectivity index is 1.43. The van der Waals surface area contributed by atoms with Crippen molar-refractivity contribution < 1.29 is 23.8 Å². The van der Waals surface area contributed by atoms with Gasteiger partial charge in [-0.05, 0) is 93.1 Å². The van der Waals surface area contributed by atoms with Crippen LogP contribution in [0, 0.1) is 0 Å². The number of carbonyl (C=O) groups excluding carboxylic acids is 2. The lowest BCUT2D eigenvalue weighted by molar-refractivity contribution is 0.00702. The number of ether oxygens (including phenoxy) is 3. The monoisotopic (exact) mass is 513 g/mol. The van der Waals surface area contributed by atoms with Crippen molar-refractivity contribution in [3.63, 3.8) is 0 Å². The first-order valence-electron chi connectivity index (χ1n) is 12.0. The highest BCUT2D eigenvalue weighted by Crippen LogP contribution is 2.31. The van der Waals surface area contributed by atoms with Crippen LogP contribution in [-0.4, -0.2) is 17.7 Å². The van der Waals surface area contributed by atoms with Crippen LogP contribution < -0.4 is 9.47 Å². The second kappa shape index (κ2) is 11.8. The van der Waals surface area contributed by atoms with Gasteiger partial charge in [-0.25, -0.2) is 9.59 Å². The van der Waals surface area contributed by atoms with E-state index in [0.29, 0.717) is 23.5 Å². The first-order chi connectivity index (χ1) is 17.8. The summed E-state index contributed by atoms with van der Waals surface area (Å²) in [6, 6.07) is 34.4. The molecular weight excluding hydrogens is 484 g/mol. The predicted octanol–water partition coefficient (Wildman–Crippen LogP) is 7.71. The Labute approximate surface area is 220 Å². The summed E-state index contributed by atoms with van der Waals surface area (Å²) in [5.41, 5.74) is -0.163. The zero-order valence-corrected chi connectivity index (χ0v) is 21.9. The van der Waals surface area contributed by atoms with Gasteiger partial charge in [-0.15, -0.1) is 0 Å². The minimum absolute atomic E-state index is 0.293. The summed E-state index contributed by atoms with van der Waals surface area (Å²) >= 11 is 0. The molecule has 0 unspecified atom stereocenters. The van der Waals surface area contributed by atoms with Crippen molar-refractivity contribution in [2.24, 2.45) is 0 Å². The van der Waals surface area contributed by atoms with E-state index in [4.69, 9.17) is 14.2 Å². The Hall–Kier alpha value is -4.03. The van der Waals surface area contributed by atoms with Crippen molar-refractivity contribution >= 4 is 23.0 Å². The number of benzene rings is 4. The van der Waals surface area contributed by atoms with Gasteiger partial charge < -0.3 is 14.2 Å². The van der Waals surface area contributed by atoms with Crippen LogP contribution in [0.4, 0.5) is 4.79 Å². The van der Waals surface area contributed by atoms with Crippen LogP contribution in [0.5, 0.6) is 11.5 Å². The van der Waals surface area contributed by atoms with Gasteiger partial charge in [0.2, 0.25) is 0 Å². The first kappa shape index (κ1) is 26.0. The molecule has 188 valence electrons. The summed E-state index contributed by atoms with van der Waals surface area (Å²) in [6.45, 7) is 5.55. The lowest BCUT2D eigenvalue weighted by Crippen LogP contribution is -2.28. The third-order valence-electron chi connectivity index (χ3n) is 5.73. The van der Waals surface area contributed by atoms with Crippen molar-refractivity contribution in [3.8, 4) is 11.5 Å². The lowest BCUT2D eigenvalue weighted by atomic mass is 10.1. The van der Waals surface area contributed by atoms with E-state index in [1.165, 1.54) is 9.79 Å². The highest BCUT2D eigenvalue weighted by Gasteiger charge is 2.28. The molecular formula is C31H29O5S+. The molecule has 0 aliphatic carbocycles. The van der Waals surface area contributed by atoms with Crippen molar-refractivity contribution in [1.82, 2.24) is 0 Å². The number of esters is 1. The van der Waals surface area contributed by atoms with Crippen molar-refractivity contribution in [2.75, 3.05) is 0 Å². The molecule has 0 heterocycles. The lowest BCUT2D eigenvalue weighted by Gasteiger charge is -2.22. The maximum absolute atomic E-state index is 12.8. The summed E-state index contributed by atoms with van der Waals surface area (Å²) in [5.74, 6) is 0.176. The third kappa shape index (κ3) is 7.02. The summed E-state index contributed by atoms with van der Waals surface area (Å²) in [5, 5.41) is 0. The van der Waals surface area contributed by atoms with Crippen LogP contribution in [0.2, 0.25) is 0 Å². The fourth-order valence-electron chi connectivity index (χ4n) is 3.41. The number of carbonyl (C=O) groups is 2. The quantitative estimate of drug-likeness (QED) is 0.105. The van der Waals surface area contributed by atoms with Gasteiger partial charge in [-0.3, -0.25) is 0 Å². The molecule has 0 atom stereocenters. The molecule has 0 bridgehead atoms. The first-order valence-corrected chi connectivity index (χ1v) is 13.2. The Morgan fingerprint density at radius 1 is 0.649 bits per heavy atom. The van der Waals surface area contributed by atoms with Crippen LogP contribution in [0.3, 0.4) is 0 Å². The van der Waals surface area contributed by atoms with Gasteiger partial charge in [-0.2, -0.15) is 0 Å². The molecule has 0 aliphatic rings. The molecule has 4 aromatic carbocycles. The number of hydrogen-bond acceptors (Lipinski definition) is 5. The van der Waals surface area contributed by atoms with E-state index in [2.05, 4.69) is 24.3 Å². The minimum Gasteiger partial charge on any atom is -0.428 e. The van der Waals surface area contributed by atoms with E-state index in [1.807, 2.05) is 69.3 Å². The van der Waals surface area contributed by atoms with E-state index in [-0.39, 0.29) is 10.9 Å². The summed E-state index contributed by atoms with van der Waals surface area (Å²) in [6.07, 6.45) is -0.112. The second-order valence-corrected chi connectivity index (χ2v) is 10.9. The van der Waals surface area contributed by atoms with Crippen LogP contribution in [-0.2, 0) is 15.6 Å². The van der Waals surface area contributed by atoms with E-state index in [1.54, 1.807) is 36.4 Å². The van der Waals surface area contributed by atoms with Gasteiger partial charge in [0.1, 0.15) is 17.1 Å². The molecule has 6 heteroatoms. The van der Waals surface area contributed by atoms with E-state index >= 15 is 0 Å². The topological polar surface area (TPSA) is 61.8 Å². The highest BCUT2D eigenvalue weighted by molar-refractivity contribution is 7.97. The zero-order valence-electron chi connectivity index (χ0n) is 21.0. The molecule has 37 heavy (non-hydrogen) atoms. The summed E-state index contributed by atoms with van der Waals surface area (Å²) in [7, 11) is -0.293. The van der Waals surface area contributed by atoms with Crippen LogP contribution in [0.25, 0.3) is 0 Å². The Morgan fingerprint density at radius 3 is 1.59 bits per heavy atom. The molecule has 0 N–H and O–H groups in total. The molecule has 0 aromatic heterocycles. The van der Waals surface area contributed by atoms with E-state index in [9.17, 15) is 9.59 Å². The van der Waals surface area contributed by atoms with Gasteiger partial charge in [0.15, 0.2) is 14.7 Å². The van der Waals surface area contributed by atoms with Gasteiger partial charge in [0.05, 0.1) is 16.5 Å². The van der Waals surface area contributed by atoms with E-state index < -0.39 is 17.7 Å². The van der Waals surface area contributed by atoms with Gasteiger partial charge in [0.25, 0.3) is 0 Å². The number of rotatable bonds is 8. The summed E-state index contributed by atoms with van der Waals surface area (Å²) < 4.78 is 16.0. The highest BCUT2D eigenvalue weighted by atomic mass is 32.2. The molecule has 0 radical (unpaired) electrons. The number of hydrogen-bond donors (Lipinski definition) is 0. The maximum atomic E-state index is 12.8. The largest absolute Gasteiger partial charge is 0.514 e. The Bertz CT molecular complexity index is 1280. The SMILES string of the molecule is CCC(C)(C)OC(=O)Oc1ccc(OC(=O)c2ccc([S+](c3ccccc3)c3ccccc3)cc2)cc1. The van der Waals surface area contributed by atoms with Crippen LogP contribution in [0.15, 0.2) is 124 Å². The minimum atomic E-state index is -0.776. The molecule has 5 nitrogen and oxygen atoms in total. The average molecular weight is 514 g/mol. The molecule has 0 spiro atoms. The second-order valence-electron chi connectivity index (χ2n) is 8.88. The smallest absolute Gasteiger partial charge is 0.428 e. The molecule has 4 aromatic rings. The van der Waals surface area contributed by atoms with Crippen LogP contribution >= 0.6 is 0 Å². The standard InChI is InChI=1S/C31H29O5S/c1-4-31(2,3)36-30(33)35-25-19-17-24(18-20-25)34-29(32)23-15-21-28(22-16-23)37(26-11-7-5-8-12-26)27-13-9-6-10-14-27/h5-22H,4H2,1-3H3/q+1. The fourth-order valence-corrected chi connectivity index (χ4v) is 5.49. The van der Waals surface area contributed by atoms with E-state index in [0.717, 1.165) is 4.90 Å². The molecule has 0 saturated carbocycles. The van der Waals surface area contributed by atoms with Crippen molar-refractivity contribution in [1.29, 1.82) is 0 Å². The molecule has 0 amide bonds. The van der Waals surface area contributed by atoms with Gasteiger partial charge in [-0.1, -0.05) is 43.3 Å². The third-order valence-corrected chi connectivity index (χ3v) is 7.96. The van der Waals surface area contributed by atoms with Gasteiger partial charge in [0, 0.05) is 0 Å². The molecule has 4 rings (SSSR count). The average Bonchev–Trinajstić information content (AvgIpc) is 2.91. The van der Waals surface area contributed by atoms with Crippen LogP contribution in [0.1, 0.15) is 37.6 Å². The van der Waals surface area contributed by atoms with Crippen molar-refractivity contribution in [3.05, 3.63) is 115 Å². The molecule has 0 aliphatic heterocycles. The fraction of sp³-hybridized carbons (Fsp3) is 0.161. The maximum Gasteiger partial charge on any atom is 0.514 e. The van der Waals surface area contributed by atoms with Gasteiger partial charge >= 0.3 is 12.1 Å². The summed E-state index contributed by atoms with van der Waals surface area (Å²) in [4.78, 5) is 28.2. The Morgan fingerprint density at radius 2 is 1.11 bits per heavy atom. The molecule has 0 fully saturated rings. The van der Waals surface area contributed by atoms with Crippen molar-refractivity contribution in [2.45, 2.75) is 47.5 Å². The molecule has 0 saturated heterocycles. The zero-order chi connectivity index (χ0) is 26.3. The normalized spacial score (nSPS) is 11.1. The Kier molecular flexibility index (Phi) is 8.31. The predicted molar refractivity (Wildman–Crippen MR) is 144 cm³/mol.